The molecule has 3 aromatic rings. The molecule has 1 aromatic heterocycles. The number of hydrogen-bond acceptors (Lipinski definition) is 5. The predicted molar refractivity (Wildman–Crippen MR) is 128 cm³/mol. The first kappa shape index (κ1) is 21.6. The minimum absolute atomic E-state index is 0.248. The number of anilines is 1. The molecule has 0 bridgehead atoms. The van der Waals surface area contributed by atoms with Gasteiger partial charge in [-0.15, -0.1) is 0 Å². The van der Waals surface area contributed by atoms with E-state index in [-0.39, 0.29) is 11.7 Å². The van der Waals surface area contributed by atoms with Gasteiger partial charge in [0.1, 0.15) is 11.6 Å². The quantitative estimate of drug-likeness (QED) is 0.469. The molecule has 7 heteroatoms. The topological polar surface area (TPSA) is 58.8 Å². The molecule has 0 radical (unpaired) electrons. The lowest BCUT2D eigenvalue weighted by molar-refractivity contribution is -0.118. The van der Waals surface area contributed by atoms with Gasteiger partial charge in [-0.2, -0.15) is 0 Å². The Labute approximate surface area is 198 Å². The SMILES string of the molecule is O=C1CCc2ccc(OCCCCN3CCC(c4noc5cc(F)ccc45)CC3)c3c2N1CC3. The number of benzene rings is 2. The van der Waals surface area contributed by atoms with Crippen molar-refractivity contribution in [2.45, 2.75) is 50.9 Å². The van der Waals surface area contributed by atoms with Gasteiger partial charge in [0.05, 0.1) is 18.0 Å². The van der Waals surface area contributed by atoms with E-state index in [4.69, 9.17) is 9.26 Å². The number of carbonyl (C=O) groups excluding carboxylic acids is 1. The van der Waals surface area contributed by atoms with Crippen LogP contribution in [0.25, 0.3) is 11.0 Å². The zero-order valence-electron chi connectivity index (χ0n) is 19.4. The van der Waals surface area contributed by atoms with Crippen LogP contribution in [-0.4, -0.2) is 48.7 Å². The number of unbranched alkanes of at least 4 members (excludes halogenated alkanes) is 1. The van der Waals surface area contributed by atoms with E-state index in [9.17, 15) is 9.18 Å². The van der Waals surface area contributed by atoms with Crippen LogP contribution >= 0.6 is 0 Å². The third kappa shape index (κ3) is 3.96. The Morgan fingerprint density at radius 3 is 2.82 bits per heavy atom. The molecule has 6 nitrogen and oxygen atoms in total. The van der Waals surface area contributed by atoms with Crippen molar-refractivity contribution in [2.24, 2.45) is 0 Å². The Morgan fingerprint density at radius 2 is 1.94 bits per heavy atom. The number of piperidine rings is 1. The Kier molecular flexibility index (Phi) is 5.73. The number of likely N-dealkylation sites (tertiary alicyclic amines) is 1. The van der Waals surface area contributed by atoms with Crippen molar-refractivity contribution >= 4 is 22.6 Å². The van der Waals surface area contributed by atoms with Gasteiger partial charge in [-0.25, -0.2) is 4.39 Å². The van der Waals surface area contributed by atoms with Crippen LogP contribution in [-0.2, 0) is 17.6 Å². The first-order valence-corrected chi connectivity index (χ1v) is 12.5. The van der Waals surface area contributed by atoms with E-state index < -0.39 is 0 Å². The Morgan fingerprint density at radius 1 is 1.06 bits per heavy atom. The summed E-state index contributed by atoms with van der Waals surface area (Å²) in [6.07, 6.45) is 6.57. The summed E-state index contributed by atoms with van der Waals surface area (Å²) >= 11 is 0. The molecule has 0 N–H and O–H groups in total. The van der Waals surface area contributed by atoms with Gasteiger partial charge in [0.25, 0.3) is 0 Å². The highest BCUT2D eigenvalue weighted by atomic mass is 19.1. The predicted octanol–water partition coefficient (Wildman–Crippen LogP) is 4.84. The van der Waals surface area contributed by atoms with Crippen molar-refractivity contribution < 1.29 is 18.4 Å². The maximum Gasteiger partial charge on any atom is 0.227 e. The minimum atomic E-state index is -0.290. The van der Waals surface area contributed by atoms with Crippen molar-refractivity contribution in [3.8, 4) is 5.75 Å². The standard InChI is InChI=1S/C27H30FN3O3/c28-20-5-6-21-24(17-20)34-29-26(21)18-9-13-30(14-10-18)12-1-2-16-33-23-7-3-19-4-8-25(32)31-15-11-22(23)27(19)31/h3,5-7,17-18H,1-2,4,8-16H2. The zero-order valence-corrected chi connectivity index (χ0v) is 19.4. The van der Waals surface area contributed by atoms with Crippen molar-refractivity contribution in [1.82, 2.24) is 10.1 Å². The van der Waals surface area contributed by atoms with E-state index >= 15 is 0 Å². The van der Waals surface area contributed by atoms with Gasteiger partial charge in [0.15, 0.2) is 5.58 Å². The summed E-state index contributed by atoms with van der Waals surface area (Å²) in [7, 11) is 0. The fourth-order valence-corrected chi connectivity index (χ4v) is 5.82. The summed E-state index contributed by atoms with van der Waals surface area (Å²) in [6, 6.07) is 8.91. The number of fused-ring (bicyclic) bond motifs is 1. The summed E-state index contributed by atoms with van der Waals surface area (Å²) in [5.41, 5.74) is 5.14. The highest BCUT2D eigenvalue weighted by Crippen LogP contribution is 2.41. The molecule has 0 aliphatic carbocycles. The average molecular weight is 464 g/mol. The number of aromatic nitrogens is 1. The van der Waals surface area contributed by atoms with Crippen LogP contribution in [0.2, 0.25) is 0 Å². The van der Waals surface area contributed by atoms with Gasteiger partial charge in [-0.05, 0) is 81.9 Å². The zero-order chi connectivity index (χ0) is 23.1. The van der Waals surface area contributed by atoms with Crippen LogP contribution in [0.5, 0.6) is 5.75 Å². The van der Waals surface area contributed by atoms with Crippen LogP contribution in [0.1, 0.15) is 54.8 Å². The van der Waals surface area contributed by atoms with E-state index in [0.717, 1.165) is 87.2 Å². The molecule has 3 aliphatic rings. The monoisotopic (exact) mass is 463 g/mol. The number of halogens is 1. The van der Waals surface area contributed by atoms with Gasteiger partial charge < -0.3 is 19.1 Å². The number of nitrogens with zero attached hydrogens (tertiary/aromatic N) is 3. The number of rotatable bonds is 7. The summed E-state index contributed by atoms with van der Waals surface area (Å²) in [6.45, 7) is 4.65. The van der Waals surface area contributed by atoms with Crippen molar-refractivity contribution in [1.29, 1.82) is 0 Å². The second-order valence-corrected chi connectivity index (χ2v) is 9.73. The van der Waals surface area contributed by atoms with Gasteiger partial charge in [-0.1, -0.05) is 11.2 Å². The van der Waals surface area contributed by atoms with E-state index in [1.54, 1.807) is 6.07 Å². The van der Waals surface area contributed by atoms with Crippen LogP contribution in [0.3, 0.4) is 0 Å². The van der Waals surface area contributed by atoms with Crippen LogP contribution < -0.4 is 9.64 Å². The molecule has 0 unspecified atom stereocenters. The maximum atomic E-state index is 13.4. The first-order chi connectivity index (χ1) is 16.7. The fraction of sp³-hybridized carbons (Fsp3) is 0.481. The molecule has 2 aromatic carbocycles. The van der Waals surface area contributed by atoms with Gasteiger partial charge in [-0.3, -0.25) is 4.79 Å². The van der Waals surface area contributed by atoms with Crippen molar-refractivity contribution in [3.05, 3.63) is 53.0 Å². The van der Waals surface area contributed by atoms with Gasteiger partial charge in [0, 0.05) is 35.9 Å². The van der Waals surface area contributed by atoms with E-state index in [2.05, 4.69) is 22.2 Å². The minimum Gasteiger partial charge on any atom is -0.493 e. The molecular formula is C27H30FN3O3. The molecule has 0 spiro atoms. The lowest BCUT2D eigenvalue weighted by Crippen LogP contribution is -2.34. The molecule has 178 valence electrons. The molecule has 6 rings (SSSR count). The van der Waals surface area contributed by atoms with E-state index in [1.165, 1.54) is 23.3 Å². The third-order valence-electron chi connectivity index (χ3n) is 7.65. The van der Waals surface area contributed by atoms with Crippen LogP contribution in [0, 0.1) is 5.82 Å². The number of hydrogen-bond donors (Lipinski definition) is 0. The maximum absolute atomic E-state index is 13.4. The highest BCUT2D eigenvalue weighted by molar-refractivity contribution is 5.99. The molecule has 1 saturated heterocycles. The summed E-state index contributed by atoms with van der Waals surface area (Å²) < 4.78 is 24.9. The molecule has 1 amide bonds. The lowest BCUT2D eigenvalue weighted by Gasteiger charge is -2.31. The number of amides is 1. The molecule has 34 heavy (non-hydrogen) atoms. The van der Waals surface area contributed by atoms with Crippen LogP contribution in [0.4, 0.5) is 10.1 Å². The average Bonchev–Trinajstić information content (AvgIpc) is 3.48. The van der Waals surface area contributed by atoms with Gasteiger partial charge in [0.2, 0.25) is 5.91 Å². The van der Waals surface area contributed by atoms with Crippen LogP contribution in [0.15, 0.2) is 34.9 Å². The molecule has 1 fully saturated rings. The smallest absolute Gasteiger partial charge is 0.227 e. The summed E-state index contributed by atoms with van der Waals surface area (Å²) in [5.74, 6) is 1.28. The van der Waals surface area contributed by atoms with Gasteiger partial charge >= 0.3 is 0 Å². The normalized spacial score (nSPS) is 18.6. The Bertz CT molecular complexity index is 1220. The fourth-order valence-electron chi connectivity index (χ4n) is 5.82. The van der Waals surface area contributed by atoms with E-state index in [0.29, 0.717) is 24.5 Å². The largest absolute Gasteiger partial charge is 0.493 e. The first-order valence-electron chi connectivity index (χ1n) is 12.5. The number of ether oxygens (including phenoxy) is 1. The summed E-state index contributed by atoms with van der Waals surface area (Å²) in [5, 5.41) is 5.19. The molecule has 0 atom stereocenters. The molecular weight excluding hydrogens is 433 g/mol. The second kappa shape index (κ2) is 9.02. The molecule has 0 saturated carbocycles. The number of aryl methyl sites for hydroxylation is 1. The summed E-state index contributed by atoms with van der Waals surface area (Å²) in [4.78, 5) is 16.7. The van der Waals surface area contributed by atoms with Crippen molar-refractivity contribution in [3.63, 3.8) is 0 Å². The number of carbonyl (C=O) groups is 1. The Hall–Kier alpha value is -2.93. The highest BCUT2D eigenvalue weighted by Gasteiger charge is 2.33. The second-order valence-electron chi connectivity index (χ2n) is 9.73. The lowest BCUT2D eigenvalue weighted by atomic mass is 9.91. The molecule has 4 heterocycles. The molecule has 3 aliphatic heterocycles. The third-order valence-corrected chi connectivity index (χ3v) is 7.65. The van der Waals surface area contributed by atoms with E-state index in [1.807, 2.05) is 4.90 Å². The van der Waals surface area contributed by atoms with Crippen molar-refractivity contribution in [2.75, 3.05) is 37.7 Å². The Balaban J connectivity index is 0.963.